The molecule has 0 saturated carbocycles. The highest BCUT2D eigenvalue weighted by atomic mass is 16.5. The van der Waals surface area contributed by atoms with Crippen LogP contribution in [0.15, 0.2) is 40.9 Å². The fourth-order valence-electron chi connectivity index (χ4n) is 4.08. The van der Waals surface area contributed by atoms with Gasteiger partial charge in [-0.1, -0.05) is 23.4 Å². The van der Waals surface area contributed by atoms with Crippen molar-refractivity contribution < 1.29 is 33.6 Å². The molecule has 8 nitrogen and oxygen atoms in total. The lowest BCUT2D eigenvalue weighted by molar-refractivity contribution is -0.143. The standard InChI is InChI=1S/C26H28N4O4.5H2/c1-5-32-24(31)10-7-13-30-15-19-8-6-9-20(21(19)16-30)25-28-26(34-29-25)18-11-12-23(33-17(2)3)22(14-18)27-4;;;;;/h6,8-9,11-12,14,17H,5,7,10,13,15-16H2,1-3H3;5*1H/i;5*1+1D. The predicted octanol–water partition coefficient (Wildman–Crippen LogP) is 6.63. The highest BCUT2D eigenvalue weighted by Gasteiger charge is 2.24. The second kappa shape index (κ2) is 10.5. The molecule has 1 aromatic heterocycles. The van der Waals surface area contributed by atoms with Crippen LogP contribution in [-0.2, 0) is 22.6 Å². The molecule has 8 heteroatoms. The number of esters is 1. The van der Waals surface area contributed by atoms with E-state index in [9.17, 15) is 4.79 Å². The van der Waals surface area contributed by atoms with Gasteiger partial charge in [-0.05, 0) is 63.1 Å². The summed E-state index contributed by atoms with van der Waals surface area (Å²) in [5, 5.41) is 4.22. The van der Waals surface area contributed by atoms with Crippen LogP contribution >= 0.6 is 0 Å². The van der Waals surface area contributed by atoms with Gasteiger partial charge >= 0.3 is 5.97 Å². The first-order valence-corrected chi connectivity index (χ1v) is 11.5. The second-order valence-corrected chi connectivity index (χ2v) is 8.45. The molecule has 0 aliphatic carbocycles. The number of nitrogens with zero attached hydrogens (tertiary/aromatic N) is 4. The molecule has 0 unspecified atom stereocenters. The van der Waals surface area contributed by atoms with Crippen LogP contribution in [-0.4, -0.2) is 40.3 Å². The van der Waals surface area contributed by atoms with Crippen molar-refractivity contribution >= 4 is 11.7 Å². The van der Waals surface area contributed by atoms with Gasteiger partial charge in [0.05, 0.1) is 19.3 Å². The summed E-state index contributed by atoms with van der Waals surface area (Å²) < 4.78 is 66.3. The molecule has 1 aliphatic rings. The molecule has 2 heterocycles. The zero-order valence-corrected chi connectivity index (χ0v) is 19.7. The molecule has 0 saturated heterocycles. The summed E-state index contributed by atoms with van der Waals surface area (Å²) in [6, 6.07) is 11.4. The summed E-state index contributed by atoms with van der Waals surface area (Å²) in [5.41, 5.74) is 4.42. The molecular weight excluding hydrogens is 432 g/mol. The third kappa shape index (κ3) is 5.26. The molecular formula is C26H38N4O4. The smallest absolute Gasteiger partial charge is 0.305 e. The zero-order valence-electron chi connectivity index (χ0n) is 29.7. The predicted molar refractivity (Wildman–Crippen MR) is 138 cm³/mol. The fourth-order valence-corrected chi connectivity index (χ4v) is 4.08. The summed E-state index contributed by atoms with van der Waals surface area (Å²) >= 11 is 0. The average Bonchev–Trinajstić information content (AvgIpc) is 3.74. The third-order valence-corrected chi connectivity index (χ3v) is 5.57. The molecule has 2 aromatic carbocycles. The Labute approximate surface area is 214 Å². The number of hydrogen-bond donors (Lipinski definition) is 0. The number of carbonyl (C=O) groups excluding carboxylic acids is 1. The van der Waals surface area contributed by atoms with Gasteiger partial charge in [0.25, 0.3) is 5.89 Å². The molecule has 0 radical (unpaired) electrons. The fraction of sp³-hybridized carbons (Fsp3) is 0.385. The van der Waals surface area contributed by atoms with Gasteiger partial charge in [0.2, 0.25) is 11.5 Å². The van der Waals surface area contributed by atoms with Crippen LogP contribution in [0.1, 0.15) is 59.6 Å². The van der Waals surface area contributed by atoms with Crippen molar-refractivity contribution in [2.45, 2.75) is 52.8 Å². The molecule has 0 fully saturated rings. The highest BCUT2D eigenvalue weighted by molar-refractivity contribution is 5.70. The number of ether oxygens (including phenoxy) is 2. The van der Waals surface area contributed by atoms with Gasteiger partial charge < -0.3 is 14.0 Å². The normalized spacial score (nSPS) is 14.2. The maximum absolute atomic E-state index is 11.6. The average molecular weight is 481 g/mol. The van der Waals surface area contributed by atoms with E-state index in [2.05, 4.69) is 26.0 Å². The molecule has 0 amide bonds. The van der Waals surface area contributed by atoms with Crippen molar-refractivity contribution in [3.63, 3.8) is 0 Å². The number of hydrogen-bond acceptors (Lipinski definition) is 7. The van der Waals surface area contributed by atoms with E-state index in [1.807, 2.05) is 39.0 Å². The van der Waals surface area contributed by atoms with Crippen molar-refractivity contribution in [1.29, 1.82) is 0 Å². The van der Waals surface area contributed by atoms with E-state index in [4.69, 9.17) is 35.4 Å². The molecule has 4 rings (SSSR count). The van der Waals surface area contributed by atoms with Crippen LogP contribution in [0.25, 0.3) is 27.7 Å². The minimum atomic E-state index is -0.149. The lowest BCUT2D eigenvalue weighted by atomic mass is 10.0. The number of fused-ring (bicyclic) bond motifs is 1. The lowest BCUT2D eigenvalue weighted by Crippen LogP contribution is -2.19. The van der Waals surface area contributed by atoms with E-state index in [0.29, 0.717) is 41.7 Å². The van der Waals surface area contributed by atoms with Crippen LogP contribution in [0.2, 0.25) is 0 Å². The van der Waals surface area contributed by atoms with E-state index in [0.717, 1.165) is 31.6 Å². The molecule has 0 N–H and O–H groups in total. The van der Waals surface area contributed by atoms with E-state index < -0.39 is 0 Å². The Morgan fingerprint density at radius 3 is 2.94 bits per heavy atom. The Balaban J connectivity index is 0. The molecule has 0 bridgehead atoms. The first kappa shape index (κ1) is 17.7. The Bertz CT molecular complexity index is 1250. The maximum atomic E-state index is 11.6. The van der Waals surface area contributed by atoms with Gasteiger partial charge in [0, 0.05) is 45.5 Å². The number of rotatable bonds is 9. The summed E-state index contributed by atoms with van der Waals surface area (Å²) in [6.45, 7) is 16.0. The quantitative estimate of drug-likeness (QED) is 0.251. The number of carbonyl (C=O) groups is 1. The minimum Gasteiger partial charge on any atom is -0.502 e. The van der Waals surface area contributed by atoms with Crippen LogP contribution < -0.4 is 4.74 Å². The Hall–Kier alpha value is -3.70. The molecule has 0 atom stereocenters. The van der Waals surface area contributed by atoms with Crippen molar-refractivity contribution in [2.75, 3.05) is 13.2 Å². The summed E-state index contributed by atoms with van der Waals surface area (Å²) in [5.74, 6) is 1.27. The largest absolute Gasteiger partial charge is 0.502 e. The first-order valence-electron chi connectivity index (χ1n) is 16.5. The van der Waals surface area contributed by atoms with Crippen molar-refractivity contribution in [3.8, 4) is 28.6 Å². The molecule has 0 spiro atoms. The monoisotopic (exact) mass is 480 g/mol. The van der Waals surface area contributed by atoms with Crippen LogP contribution in [0.3, 0.4) is 0 Å². The van der Waals surface area contributed by atoms with Crippen molar-refractivity contribution in [2.24, 2.45) is 0 Å². The zero-order chi connectivity index (χ0) is 34.1. The molecule has 1 aliphatic heterocycles. The topological polar surface area (TPSA) is 82.1 Å². The SMILES string of the molecule is [2H][2H].[2H][2H].[2H][2H].[2H][2H].[2H][2H].[C-]#[N+]c1cc(-c2nc(-c3cccc4c3CN(CCCC(=O)OCC)C4)no2)ccc1OC(C)C. The van der Waals surface area contributed by atoms with Gasteiger partial charge in [-0.2, -0.15) is 4.98 Å². The van der Waals surface area contributed by atoms with Gasteiger partial charge in [-0.3, -0.25) is 9.69 Å². The number of benzene rings is 2. The van der Waals surface area contributed by atoms with Gasteiger partial charge in [-0.15, -0.1) is 0 Å². The van der Waals surface area contributed by atoms with Crippen LogP contribution in [0.4, 0.5) is 5.69 Å². The van der Waals surface area contributed by atoms with Crippen molar-refractivity contribution in [3.05, 3.63) is 58.9 Å². The molecule has 3 aromatic rings. The summed E-state index contributed by atoms with van der Waals surface area (Å²) in [7, 11) is 0. The maximum Gasteiger partial charge on any atom is 0.305 e. The van der Waals surface area contributed by atoms with E-state index in [1.54, 1.807) is 12.1 Å². The van der Waals surface area contributed by atoms with Gasteiger partial charge in [-0.25, -0.2) is 4.85 Å². The Kier molecular flexibility index (Phi) is 5.47. The van der Waals surface area contributed by atoms with Crippen LogP contribution in [0, 0.1) is 6.57 Å². The van der Waals surface area contributed by atoms with E-state index in [1.165, 1.54) is 11.1 Å². The highest BCUT2D eigenvalue weighted by Crippen LogP contribution is 2.35. The second-order valence-electron chi connectivity index (χ2n) is 8.45. The van der Waals surface area contributed by atoms with Gasteiger partial charge in [0.15, 0.2) is 0 Å². The van der Waals surface area contributed by atoms with Gasteiger partial charge in [0.1, 0.15) is 5.75 Å². The number of aromatic nitrogens is 2. The molecule has 186 valence electrons. The van der Waals surface area contributed by atoms with Crippen molar-refractivity contribution in [1.82, 2.24) is 15.0 Å². The third-order valence-electron chi connectivity index (χ3n) is 5.57. The van der Waals surface area contributed by atoms with E-state index in [-0.39, 0.29) is 12.1 Å². The molecule has 34 heavy (non-hydrogen) atoms. The minimum absolute atomic E-state index is 0.0220. The Morgan fingerprint density at radius 1 is 1.32 bits per heavy atom. The lowest BCUT2D eigenvalue weighted by Gasteiger charge is -2.14. The first-order chi connectivity index (χ1) is 21.5. The van der Waals surface area contributed by atoms with E-state index >= 15 is 0 Å². The van der Waals surface area contributed by atoms with Crippen LogP contribution in [0.5, 0.6) is 5.75 Å². The summed E-state index contributed by atoms with van der Waals surface area (Å²) in [6.07, 6.45) is 1.16. The summed E-state index contributed by atoms with van der Waals surface area (Å²) in [4.78, 5) is 22.1. The Morgan fingerprint density at radius 2 is 2.18 bits per heavy atom.